The van der Waals surface area contributed by atoms with Gasteiger partial charge in [-0.3, -0.25) is 0 Å². The summed E-state index contributed by atoms with van der Waals surface area (Å²) in [5, 5.41) is 10.3. The van der Waals surface area contributed by atoms with Gasteiger partial charge in [-0.15, -0.1) is 0 Å². The van der Waals surface area contributed by atoms with E-state index in [9.17, 15) is 5.11 Å². The topological polar surface area (TPSA) is 46.2 Å². The third-order valence-corrected chi connectivity index (χ3v) is 3.75. The zero-order chi connectivity index (χ0) is 9.78. The Hall–Kier alpha value is 0.270. The largest absolute Gasteiger partial charge is 0.389 e. The average molecular weight is 191 g/mol. The summed E-state index contributed by atoms with van der Waals surface area (Å²) in [5.41, 5.74) is 4.91. The Labute approximate surface area is 79.9 Å². The van der Waals surface area contributed by atoms with E-state index < -0.39 is 5.60 Å². The summed E-state index contributed by atoms with van der Waals surface area (Å²) >= 11 is 1.74. The molecule has 0 saturated carbocycles. The van der Waals surface area contributed by atoms with E-state index in [0.717, 1.165) is 5.75 Å². The van der Waals surface area contributed by atoms with Crippen molar-refractivity contribution >= 4 is 11.8 Å². The van der Waals surface area contributed by atoms with Crippen LogP contribution in [0.25, 0.3) is 0 Å². The molecule has 0 aliphatic heterocycles. The van der Waals surface area contributed by atoms with Crippen molar-refractivity contribution in [3.8, 4) is 0 Å². The molecule has 0 aromatic rings. The van der Waals surface area contributed by atoms with Crippen molar-refractivity contribution in [1.82, 2.24) is 0 Å². The van der Waals surface area contributed by atoms with E-state index in [2.05, 4.69) is 6.92 Å². The maximum absolute atomic E-state index is 9.87. The summed E-state index contributed by atoms with van der Waals surface area (Å²) in [7, 11) is 0. The highest BCUT2D eigenvalue weighted by Gasteiger charge is 2.25. The van der Waals surface area contributed by atoms with Crippen LogP contribution >= 0.6 is 11.8 Å². The number of nitrogens with two attached hydrogens (primary N) is 1. The molecule has 2 atom stereocenters. The number of aliphatic hydroxyl groups is 1. The van der Waals surface area contributed by atoms with Crippen molar-refractivity contribution in [3.63, 3.8) is 0 Å². The molecule has 0 bridgehead atoms. The van der Waals surface area contributed by atoms with Gasteiger partial charge in [-0.2, -0.15) is 11.8 Å². The van der Waals surface area contributed by atoms with Gasteiger partial charge in [-0.1, -0.05) is 20.8 Å². The number of hydrogen-bond donors (Lipinski definition) is 2. The molecule has 12 heavy (non-hydrogen) atoms. The van der Waals surface area contributed by atoms with Gasteiger partial charge in [0.15, 0.2) is 0 Å². The standard InChI is InChI=1S/C9H21NOS/c1-7(2)9(4,11)6-12-8(3)5-10/h7-8,11H,5-6,10H2,1-4H3. The first kappa shape index (κ1) is 12.3. The molecule has 2 unspecified atom stereocenters. The molecule has 0 fully saturated rings. The fourth-order valence-corrected chi connectivity index (χ4v) is 1.64. The van der Waals surface area contributed by atoms with Crippen LogP contribution in [0.5, 0.6) is 0 Å². The van der Waals surface area contributed by atoms with Crippen LogP contribution in [0.2, 0.25) is 0 Å². The highest BCUT2D eigenvalue weighted by Crippen LogP contribution is 2.23. The van der Waals surface area contributed by atoms with Gasteiger partial charge in [-0.05, 0) is 12.8 Å². The molecule has 0 aromatic carbocycles. The Morgan fingerprint density at radius 3 is 2.25 bits per heavy atom. The second-order valence-electron chi connectivity index (χ2n) is 3.87. The quantitative estimate of drug-likeness (QED) is 0.692. The van der Waals surface area contributed by atoms with Crippen LogP contribution in [0.4, 0.5) is 0 Å². The van der Waals surface area contributed by atoms with Gasteiger partial charge in [0.2, 0.25) is 0 Å². The molecule has 0 rings (SSSR count). The Balaban J connectivity index is 3.75. The molecular weight excluding hydrogens is 170 g/mol. The van der Waals surface area contributed by atoms with Gasteiger partial charge in [0, 0.05) is 17.5 Å². The summed E-state index contributed by atoms with van der Waals surface area (Å²) in [4.78, 5) is 0. The van der Waals surface area contributed by atoms with Crippen LogP contribution in [-0.2, 0) is 0 Å². The van der Waals surface area contributed by atoms with Crippen molar-refractivity contribution in [2.45, 2.75) is 38.5 Å². The van der Waals surface area contributed by atoms with Crippen LogP contribution in [0.1, 0.15) is 27.7 Å². The zero-order valence-electron chi connectivity index (χ0n) is 8.50. The van der Waals surface area contributed by atoms with Gasteiger partial charge >= 0.3 is 0 Å². The van der Waals surface area contributed by atoms with E-state index in [0.29, 0.717) is 17.7 Å². The van der Waals surface area contributed by atoms with Gasteiger partial charge < -0.3 is 10.8 Å². The number of rotatable bonds is 5. The molecule has 3 heteroatoms. The van der Waals surface area contributed by atoms with Crippen molar-refractivity contribution in [1.29, 1.82) is 0 Å². The summed E-state index contributed by atoms with van der Waals surface area (Å²) in [6, 6.07) is 0. The first-order chi connectivity index (χ1) is 5.40. The molecule has 3 N–H and O–H groups in total. The molecule has 0 radical (unpaired) electrons. The first-order valence-corrected chi connectivity index (χ1v) is 5.49. The van der Waals surface area contributed by atoms with Crippen LogP contribution in [0.15, 0.2) is 0 Å². The fourth-order valence-electron chi connectivity index (χ4n) is 0.546. The molecule has 74 valence electrons. The zero-order valence-corrected chi connectivity index (χ0v) is 9.32. The number of thioether (sulfide) groups is 1. The minimum Gasteiger partial charge on any atom is -0.389 e. The molecule has 2 nitrogen and oxygen atoms in total. The van der Waals surface area contributed by atoms with Crippen molar-refractivity contribution in [2.75, 3.05) is 12.3 Å². The Morgan fingerprint density at radius 1 is 1.42 bits per heavy atom. The van der Waals surface area contributed by atoms with Gasteiger partial charge in [0.1, 0.15) is 0 Å². The van der Waals surface area contributed by atoms with E-state index in [1.807, 2.05) is 20.8 Å². The molecule has 0 amide bonds. The monoisotopic (exact) mass is 191 g/mol. The number of hydrogen-bond acceptors (Lipinski definition) is 3. The lowest BCUT2D eigenvalue weighted by molar-refractivity contribution is 0.0376. The van der Waals surface area contributed by atoms with E-state index in [-0.39, 0.29) is 0 Å². The maximum atomic E-state index is 9.87. The second kappa shape index (κ2) is 5.10. The molecule has 0 spiro atoms. The Morgan fingerprint density at radius 2 is 1.92 bits per heavy atom. The smallest absolute Gasteiger partial charge is 0.0732 e. The van der Waals surface area contributed by atoms with Gasteiger partial charge in [-0.25, -0.2) is 0 Å². The first-order valence-electron chi connectivity index (χ1n) is 4.44. The van der Waals surface area contributed by atoms with E-state index in [1.165, 1.54) is 0 Å². The van der Waals surface area contributed by atoms with Gasteiger partial charge in [0.05, 0.1) is 5.60 Å². The highest BCUT2D eigenvalue weighted by molar-refractivity contribution is 7.99. The van der Waals surface area contributed by atoms with Crippen molar-refractivity contribution in [3.05, 3.63) is 0 Å². The molecular formula is C9H21NOS. The molecule has 0 aromatic heterocycles. The minimum atomic E-state index is -0.561. The summed E-state index contributed by atoms with van der Waals surface area (Å²) in [6.07, 6.45) is 0. The summed E-state index contributed by atoms with van der Waals surface area (Å²) in [6.45, 7) is 8.72. The molecule has 0 aliphatic rings. The fraction of sp³-hybridized carbons (Fsp3) is 1.00. The van der Waals surface area contributed by atoms with Crippen molar-refractivity contribution < 1.29 is 5.11 Å². The highest BCUT2D eigenvalue weighted by atomic mass is 32.2. The van der Waals surface area contributed by atoms with Gasteiger partial charge in [0.25, 0.3) is 0 Å². The second-order valence-corrected chi connectivity index (χ2v) is 5.30. The molecule has 0 saturated heterocycles. The van der Waals surface area contributed by atoms with Crippen LogP contribution < -0.4 is 5.73 Å². The van der Waals surface area contributed by atoms with E-state index in [4.69, 9.17) is 5.73 Å². The minimum absolute atomic E-state index is 0.301. The van der Waals surface area contributed by atoms with E-state index in [1.54, 1.807) is 11.8 Å². The normalized spacial score (nSPS) is 19.2. The lowest BCUT2D eigenvalue weighted by atomic mass is 9.95. The Bertz CT molecular complexity index is 126. The summed E-state index contributed by atoms with van der Waals surface area (Å²) in [5.74, 6) is 1.07. The predicted molar refractivity (Wildman–Crippen MR) is 56.4 cm³/mol. The van der Waals surface area contributed by atoms with Crippen molar-refractivity contribution in [2.24, 2.45) is 11.7 Å². The summed E-state index contributed by atoms with van der Waals surface area (Å²) < 4.78 is 0. The third-order valence-electron chi connectivity index (χ3n) is 2.24. The average Bonchev–Trinajstić information content (AvgIpc) is 2.00. The molecule has 0 aliphatic carbocycles. The maximum Gasteiger partial charge on any atom is 0.0732 e. The van der Waals surface area contributed by atoms with Crippen LogP contribution in [0, 0.1) is 5.92 Å². The van der Waals surface area contributed by atoms with Crippen LogP contribution in [0.3, 0.4) is 0 Å². The van der Waals surface area contributed by atoms with Crippen LogP contribution in [-0.4, -0.2) is 28.3 Å². The predicted octanol–water partition coefficient (Wildman–Crippen LogP) is 1.47. The Kier molecular flexibility index (Phi) is 5.21. The molecule has 0 heterocycles. The SMILES string of the molecule is CC(CN)SCC(C)(O)C(C)C. The lowest BCUT2D eigenvalue weighted by Crippen LogP contribution is -2.35. The lowest BCUT2D eigenvalue weighted by Gasteiger charge is -2.28. The van der Waals surface area contributed by atoms with E-state index >= 15 is 0 Å². The third kappa shape index (κ3) is 4.33.